The molecule has 0 heterocycles. The van der Waals surface area contributed by atoms with E-state index in [-0.39, 0.29) is 0 Å². The molecule has 3 N–H and O–H groups in total. The van der Waals surface area contributed by atoms with Gasteiger partial charge in [-0.05, 0) is 38.3 Å². The number of nitrogens with two attached hydrogens (primary N) is 1. The van der Waals surface area contributed by atoms with E-state index < -0.39 is 0 Å². The summed E-state index contributed by atoms with van der Waals surface area (Å²) in [5.41, 5.74) is 7.77. The van der Waals surface area contributed by atoms with Gasteiger partial charge in [0.2, 0.25) is 0 Å². The van der Waals surface area contributed by atoms with Crippen molar-refractivity contribution in [2.24, 2.45) is 5.92 Å². The van der Waals surface area contributed by atoms with Crippen LogP contribution in [-0.2, 0) is 0 Å². The van der Waals surface area contributed by atoms with Crippen molar-refractivity contribution < 1.29 is 4.74 Å². The van der Waals surface area contributed by atoms with Crippen molar-refractivity contribution in [3.63, 3.8) is 0 Å². The van der Waals surface area contributed by atoms with Gasteiger partial charge in [-0.2, -0.15) is 0 Å². The van der Waals surface area contributed by atoms with Crippen molar-refractivity contribution in [1.82, 2.24) is 0 Å². The lowest BCUT2D eigenvalue weighted by molar-refractivity contribution is 0.342. The molecule has 0 bridgehead atoms. The highest BCUT2D eigenvalue weighted by Crippen LogP contribution is 2.30. The maximum atomic E-state index is 6.09. The monoisotopic (exact) mass is 250 g/mol. The Balaban J connectivity index is 2.69. The summed E-state index contributed by atoms with van der Waals surface area (Å²) >= 11 is 0. The van der Waals surface area contributed by atoms with E-state index in [0.29, 0.717) is 18.3 Å². The second-order valence-corrected chi connectivity index (χ2v) is 4.94. The summed E-state index contributed by atoms with van der Waals surface area (Å²) in [6.07, 6.45) is 2.36. The second kappa shape index (κ2) is 7.14. The molecule has 0 saturated heterocycles. The third-order valence-corrected chi connectivity index (χ3v) is 3.22. The van der Waals surface area contributed by atoms with E-state index in [1.807, 2.05) is 25.1 Å². The third kappa shape index (κ3) is 4.13. The molecule has 1 aromatic rings. The van der Waals surface area contributed by atoms with Gasteiger partial charge >= 0.3 is 0 Å². The van der Waals surface area contributed by atoms with Crippen LogP contribution in [0.1, 0.15) is 40.5 Å². The molecule has 1 rings (SSSR count). The Bertz CT molecular complexity index is 366. The number of rotatable bonds is 7. The predicted molar refractivity (Wildman–Crippen MR) is 79.2 cm³/mol. The lowest BCUT2D eigenvalue weighted by Gasteiger charge is -2.20. The molecule has 0 fully saturated rings. The van der Waals surface area contributed by atoms with E-state index in [1.165, 1.54) is 6.42 Å². The average molecular weight is 250 g/mol. The van der Waals surface area contributed by atoms with E-state index in [1.54, 1.807) is 0 Å². The molecule has 0 aliphatic carbocycles. The highest BCUT2D eigenvalue weighted by Gasteiger charge is 2.10. The van der Waals surface area contributed by atoms with Crippen LogP contribution < -0.4 is 15.8 Å². The summed E-state index contributed by atoms with van der Waals surface area (Å²) in [6, 6.07) is 6.30. The zero-order chi connectivity index (χ0) is 13.5. The molecule has 18 heavy (non-hydrogen) atoms. The Morgan fingerprint density at radius 1 is 1.28 bits per heavy atom. The van der Waals surface area contributed by atoms with E-state index in [2.05, 4.69) is 26.1 Å². The SMILES string of the molecule is CCOc1cccc(NC(C)CC(C)CC)c1N. The molecule has 102 valence electrons. The fourth-order valence-corrected chi connectivity index (χ4v) is 2.05. The highest BCUT2D eigenvalue weighted by atomic mass is 16.5. The normalized spacial score (nSPS) is 14.0. The number of anilines is 2. The maximum absolute atomic E-state index is 6.09. The standard InChI is InChI=1S/C15H26N2O/c1-5-11(3)10-12(4)17-13-8-7-9-14(15(13)16)18-6-2/h7-9,11-12,17H,5-6,10,16H2,1-4H3. The minimum Gasteiger partial charge on any atom is -0.492 e. The predicted octanol–water partition coefficient (Wildman–Crippen LogP) is 3.90. The first-order chi connectivity index (χ1) is 8.58. The van der Waals surface area contributed by atoms with E-state index in [0.717, 1.165) is 23.8 Å². The molecule has 0 aliphatic heterocycles. The number of hydrogen-bond acceptors (Lipinski definition) is 3. The summed E-state index contributed by atoms with van der Waals surface area (Å²) in [5.74, 6) is 1.49. The van der Waals surface area contributed by atoms with Crippen LogP contribution in [0.4, 0.5) is 11.4 Å². The molecule has 0 radical (unpaired) electrons. The number of nitrogen functional groups attached to an aromatic ring is 1. The van der Waals surface area contributed by atoms with Gasteiger partial charge in [-0.15, -0.1) is 0 Å². The molecule has 1 aromatic carbocycles. The molecule has 0 spiro atoms. The Morgan fingerprint density at radius 3 is 2.61 bits per heavy atom. The van der Waals surface area contributed by atoms with Crippen molar-refractivity contribution in [2.75, 3.05) is 17.7 Å². The zero-order valence-electron chi connectivity index (χ0n) is 12.0. The van der Waals surface area contributed by atoms with Crippen molar-refractivity contribution in [3.05, 3.63) is 18.2 Å². The first kappa shape index (κ1) is 14.7. The number of benzene rings is 1. The fraction of sp³-hybridized carbons (Fsp3) is 0.600. The first-order valence-corrected chi connectivity index (χ1v) is 6.86. The van der Waals surface area contributed by atoms with E-state index >= 15 is 0 Å². The van der Waals surface area contributed by atoms with Crippen LogP contribution in [0.2, 0.25) is 0 Å². The summed E-state index contributed by atoms with van der Waals surface area (Å²) in [6.45, 7) is 9.29. The van der Waals surface area contributed by atoms with Crippen LogP contribution in [-0.4, -0.2) is 12.6 Å². The van der Waals surface area contributed by atoms with Gasteiger partial charge in [-0.3, -0.25) is 0 Å². The van der Waals surface area contributed by atoms with Gasteiger partial charge in [0.05, 0.1) is 18.0 Å². The maximum Gasteiger partial charge on any atom is 0.144 e. The second-order valence-electron chi connectivity index (χ2n) is 4.94. The van der Waals surface area contributed by atoms with Gasteiger partial charge in [0.15, 0.2) is 0 Å². The quantitative estimate of drug-likeness (QED) is 0.721. The Labute approximate surface area is 111 Å². The zero-order valence-corrected chi connectivity index (χ0v) is 12.0. The topological polar surface area (TPSA) is 47.3 Å². The van der Waals surface area contributed by atoms with Gasteiger partial charge in [0.1, 0.15) is 5.75 Å². The number of nitrogens with one attached hydrogen (secondary N) is 1. The van der Waals surface area contributed by atoms with Crippen LogP contribution >= 0.6 is 0 Å². The van der Waals surface area contributed by atoms with Crippen LogP contribution in [0, 0.1) is 5.92 Å². The minimum atomic E-state index is 0.416. The van der Waals surface area contributed by atoms with Crippen molar-refractivity contribution in [1.29, 1.82) is 0 Å². The molecular formula is C15H26N2O. The molecule has 2 atom stereocenters. The largest absolute Gasteiger partial charge is 0.492 e. The fourth-order valence-electron chi connectivity index (χ4n) is 2.05. The van der Waals surface area contributed by atoms with Gasteiger partial charge in [0, 0.05) is 6.04 Å². The summed E-state index contributed by atoms with van der Waals surface area (Å²) in [7, 11) is 0. The number of para-hydroxylation sites is 1. The Hall–Kier alpha value is -1.38. The van der Waals surface area contributed by atoms with E-state index in [9.17, 15) is 0 Å². The molecule has 0 aliphatic rings. The van der Waals surface area contributed by atoms with Crippen molar-refractivity contribution in [2.45, 2.75) is 46.6 Å². The molecule has 3 nitrogen and oxygen atoms in total. The Kier molecular flexibility index (Phi) is 5.83. The lowest BCUT2D eigenvalue weighted by atomic mass is 10.00. The molecule has 0 amide bonds. The van der Waals surface area contributed by atoms with Gasteiger partial charge in [-0.25, -0.2) is 0 Å². The number of hydrogen-bond donors (Lipinski definition) is 2. The summed E-state index contributed by atoms with van der Waals surface area (Å²) in [4.78, 5) is 0. The van der Waals surface area contributed by atoms with Crippen LogP contribution in [0.25, 0.3) is 0 Å². The molecule has 3 heteroatoms. The van der Waals surface area contributed by atoms with E-state index in [4.69, 9.17) is 10.5 Å². The van der Waals surface area contributed by atoms with Crippen LogP contribution in [0.3, 0.4) is 0 Å². The average Bonchev–Trinajstić information content (AvgIpc) is 2.34. The van der Waals surface area contributed by atoms with Crippen LogP contribution in [0.15, 0.2) is 18.2 Å². The molecule has 0 aromatic heterocycles. The highest BCUT2D eigenvalue weighted by molar-refractivity contribution is 5.73. The lowest BCUT2D eigenvalue weighted by Crippen LogP contribution is -2.19. The van der Waals surface area contributed by atoms with Gasteiger partial charge in [-0.1, -0.05) is 26.3 Å². The van der Waals surface area contributed by atoms with Crippen molar-refractivity contribution >= 4 is 11.4 Å². The minimum absolute atomic E-state index is 0.416. The van der Waals surface area contributed by atoms with Crippen LogP contribution in [0.5, 0.6) is 5.75 Å². The van der Waals surface area contributed by atoms with Gasteiger partial charge < -0.3 is 15.8 Å². The van der Waals surface area contributed by atoms with Gasteiger partial charge in [0.25, 0.3) is 0 Å². The summed E-state index contributed by atoms with van der Waals surface area (Å²) in [5, 5.41) is 3.47. The number of ether oxygens (including phenoxy) is 1. The van der Waals surface area contributed by atoms with Crippen molar-refractivity contribution in [3.8, 4) is 5.75 Å². The first-order valence-electron chi connectivity index (χ1n) is 6.86. The molecule has 2 unspecified atom stereocenters. The smallest absolute Gasteiger partial charge is 0.144 e. The Morgan fingerprint density at radius 2 is 2.00 bits per heavy atom. The molecule has 0 saturated carbocycles. The third-order valence-electron chi connectivity index (χ3n) is 3.22. The molecular weight excluding hydrogens is 224 g/mol. The summed E-state index contributed by atoms with van der Waals surface area (Å²) < 4.78 is 5.50.